The number of amides is 1. The minimum Gasteiger partial charge on any atom is -0.470 e. The summed E-state index contributed by atoms with van der Waals surface area (Å²) >= 11 is 0. The molecule has 1 aromatic carbocycles. The van der Waals surface area contributed by atoms with Crippen molar-refractivity contribution in [2.45, 2.75) is 37.2 Å². The second-order valence-corrected chi connectivity index (χ2v) is 7.52. The van der Waals surface area contributed by atoms with E-state index in [4.69, 9.17) is 9.47 Å². The van der Waals surface area contributed by atoms with Crippen molar-refractivity contribution in [3.8, 4) is 11.9 Å². The van der Waals surface area contributed by atoms with E-state index >= 15 is 0 Å². The predicted molar refractivity (Wildman–Crippen MR) is 105 cm³/mol. The third-order valence-electron chi connectivity index (χ3n) is 5.80. The largest absolute Gasteiger partial charge is 0.470 e. The van der Waals surface area contributed by atoms with Gasteiger partial charge in [-0.2, -0.15) is 5.26 Å². The fourth-order valence-corrected chi connectivity index (χ4v) is 4.27. The SMILES string of the molecule is N#Cc1nccnc1O[C@@H]1CCCN(C(=O)C2(c3ccccc3)CCOCC2)C1. The Balaban J connectivity index is 1.54. The summed E-state index contributed by atoms with van der Waals surface area (Å²) in [5, 5.41) is 9.21. The molecule has 150 valence electrons. The molecule has 2 saturated heterocycles. The lowest BCUT2D eigenvalue weighted by molar-refractivity contribution is -0.144. The normalized spacial score (nSPS) is 21.2. The molecular formula is C22H24N4O3. The van der Waals surface area contributed by atoms with Crippen molar-refractivity contribution in [1.29, 1.82) is 5.26 Å². The van der Waals surface area contributed by atoms with Crippen LogP contribution in [-0.2, 0) is 14.9 Å². The standard InChI is InChI=1S/C22H24N4O3/c23-15-19-20(25-11-10-24-19)29-18-7-4-12-26(16-18)21(27)22(8-13-28-14-9-22)17-5-2-1-3-6-17/h1-3,5-6,10-11,18H,4,7-9,12-14,16H2/t18-/m1/s1. The van der Waals surface area contributed by atoms with Gasteiger partial charge in [0.1, 0.15) is 12.2 Å². The molecule has 0 radical (unpaired) electrons. The summed E-state index contributed by atoms with van der Waals surface area (Å²) in [6.07, 6.45) is 5.79. The van der Waals surface area contributed by atoms with Crippen LogP contribution >= 0.6 is 0 Å². The molecule has 2 aromatic rings. The lowest BCUT2D eigenvalue weighted by atomic mass is 9.72. The molecule has 2 aliphatic rings. The van der Waals surface area contributed by atoms with Crippen molar-refractivity contribution in [1.82, 2.24) is 14.9 Å². The van der Waals surface area contributed by atoms with Gasteiger partial charge in [-0.25, -0.2) is 9.97 Å². The second kappa shape index (κ2) is 8.58. The third kappa shape index (κ3) is 3.94. The zero-order valence-corrected chi connectivity index (χ0v) is 16.3. The number of benzene rings is 1. The van der Waals surface area contributed by atoms with Crippen LogP contribution in [-0.4, -0.2) is 53.2 Å². The first-order valence-corrected chi connectivity index (χ1v) is 10.0. The molecule has 0 unspecified atom stereocenters. The Labute approximate surface area is 170 Å². The van der Waals surface area contributed by atoms with Crippen LogP contribution in [0.4, 0.5) is 0 Å². The Morgan fingerprint density at radius 2 is 1.97 bits per heavy atom. The van der Waals surface area contributed by atoms with Crippen molar-refractivity contribution < 1.29 is 14.3 Å². The second-order valence-electron chi connectivity index (χ2n) is 7.52. The number of piperidine rings is 1. The topological polar surface area (TPSA) is 88.3 Å². The number of likely N-dealkylation sites (tertiary alicyclic amines) is 1. The Bertz CT molecular complexity index is 890. The van der Waals surface area contributed by atoms with Gasteiger partial charge in [0.25, 0.3) is 5.88 Å². The van der Waals surface area contributed by atoms with Gasteiger partial charge in [0, 0.05) is 32.2 Å². The summed E-state index contributed by atoms with van der Waals surface area (Å²) < 4.78 is 11.5. The molecule has 7 heteroatoms. The third-order valence-corrected chi connectivity index (χ3v) is 5.80. The number of ether oxygens (including phenoxy) is 2. The summed E-state index contributed by atoms with van der Waals surface area (Å²) in [5.74, 6) is 0.373. The zero-order chi connectivity index (χ0) is 20.1. The number of hydrogen-bond donors (Lipinski definition) is 0. The highest BCUT2D eigenvalue weighted by Crippen LogP contribution is 2.37. The van der Waals surface area contributed by atoms with E-state index in [9.17, 15) is 10.1 Å². The number of rotatable bonds is 4. The van der Waals surface area contributed by atoms with E-state index in [2.05, 4.69) is 9.97 Å². The van der Waals surface area contributed by atoms with E-state index in [-0.39, 0.29) is 23.6 Å². The lowest BCUT2D eigenvalue weighted by Crippen LogP contribution is -2.54. The molecule has 0 spiro atoms. The zero-order valence-electron chi connectivity index (χ0n) is 16.3. The first-order valence-electron chi connectivity index (χ1n) is 10.0. The molecule has 0 bridgehead atoms. The summed E-state index contributed by atoms with van der Waals surface area (Å²) in [6.45, 7) is 2.36. The van der Waals surface area contributed by atoms with E-state index in [0.29, 0.717) is 39.1 Å². The average molecular weight is 392 g/mol. The molecular weight excluding hydrogens is 368 g/mol. The smallest absolute Gasteiger partial charge is 0.251 e. The van der Waals surface area contributed by atoms with E-state index < -0.39 is 5.41 Å². The summed E-state index contributed by atoms with van der Waals surface area (Å²) in [7, 11) is 0. The molecule has 1 amide bonds. The fourth-order valence-electron chi connectivity index (χ4n) is 4.27. The van der Waals surface area contributed by atoms with Crippen LogP contribution in [0.25, 0.3) is 0 Å². The van der Waals surface area contributed by atoms with Gasteiger partial charge in [-0.1, -0.05) is 30.3 Å². The number of carbonyl (C=O) groups is 1. The highest BCUT2D eigenvalue weighted by molar-refractivity contribution is 5.88. The first kappa shape index (κ1) is 19.3. The molecule has 1 atom stereocenters. The van der Waals surface area contributed by atoms with E-state index in [1.54, 1.807) is 0 Å². The van der Waals surface area contributed by atoms with Gasteiger partial charge in [-0.3, -0.25) is 4.79 Å². The fraction of sp³-hybridized carbons (Fsp3) is 0.455. The van der Waals surface area contributed by atoms with Crippen LogP contribution in [0.3, 0.4) is 0 Å². The Morgan fingerprint density at radius 1 is 1.21 bits per heavy atom. The number of aromatic nitrogens is 2. The number of nitrogens with zero attached hydrogens (tertiary/aromatic N) is 4. The summed E-state index contributed by atoms with van der Waals surface area (Å²) in [5.41, 5.74) is 0.671. The summed E-state index contributed by atoms with van der Waals surface area (Å²) in [4.78, 5) is 23.8. The van der Waals surface area contributed by atoms with Gasteiger partial charge in [0.2, 0.25) is 11.6 Å². The van der Waals surface area contributed by atoms with Gasteiger partial charge in [-0.15, -0.1) is 0 Å². The Morgan fingerprint density at radius 3 is 2.72 bits per heavy atom. The molecule has 0 N–H and O–H groups in total. The highest BCUT2D eigenvalue weighted by atomic mass is 16.5. The molecule has 2 aliphatic heterocycles. The maximum Gasteiger partial charge on any atom is 0.251 e. The number of hydrogen-bond acceptors (Lipinski definition) is 6. The van der Waals surface area contributed by atoms with Crippen molar-refractivity contribution in [2.24, 2.45) is 0 Å². The minimum atomic E-state index is -0.550. The van der Waals surface area contributed by atoms with Gasteiger partial charge >= 0.3 is 0 Å². The maximum atomic E-state index is 13.7. The Hall–Kier alpha value is -2.98. The summed E-state index contributed by atoms with van der Waals surface area (Å²) in [6, 6.07) is 12.0. The van der Waals surface area contributed by atoms with Crippen LogP contribution in [0.2, 0.25) is 0 Å². The van der Waals surface area contributed by atoms with E-state index in [1.807, 2.05) is 41.3 Å². The van der Waals surface area contributed by atoms with Crippen molar-refractivity contribution >= 4 is 5.91 Å². The van der Waals surface area contributed by atoms with Gasteiger partial charge in [-0.05, 0) is 31.2 Å². The molecule has 3 heterocycles. The Kier molecular flexibility index (Phi) is 5.72. The highest BCUT2D eigenvalue weighted by Gasteiger charge is 2.45. The maximum absolute atomic E-state index is 13.7. The van der Waals surface area contributed by atoms with Gasteiger partial charge < -0.3 is 14.4 Å². The van der Waals surface area contributed by atoms with E-state index in [1.165, 1.54) is 12.4 Å². The van der Waals surface area contributed by atoms with Crippen LogP contribution < -0.4 is 4.74 Å². The molecule has 29 heavy (non-hydrogen) atoms. The lowest BCUT2D eigenvalue weighted by Gasteiger charge is -2.42. The van der Waals surface area contributed by atoms with Crippen LogP contribution in [0.1, 0.15) is 36.9 Å². The van der Waals surface area contributed by atoms with Gasteiger partial charge in [0.15, 0.2) is 0 Å². The van der Waals surface area contributed by atoms with Gasteiger partial charge in [0.05, 0.1) is 12.0 Å². The predicted octanol–water partition coefficient (Wildman–Crippen LogP) is 2.47. The molecule has 0 saturated carbocycles. The molecule has 1 aromatic heterocycles. The van der Waals surface area contributed by atoms with Crippen LogP contribution in [0.5, 0.6) is 5.88 Å². The van der Waals surface area contributed by atoms with Crippen molar-refractivity contribution in [2.75, 3.05) is 26.3 Å². The van der Waals surface area contributed by atoms with E-state index in [0.717, 1.165) is 18.4 Å². The number of carbonyl (C=O) groups excluding carboxylic acids is 1. The van der Waals surface area contributed by atoms with Crippen LogP contribution in [0.15, 0.2) is 42.7 Å². The molecule has 0 aliphatic carbocycles. The molecule has 7 nitrogen and oxygen atoms in total. The van der Waals surface area contributed by atoms with Crippen molar-refractivity contribution in [3.05, 3.63) is 54.0 Å². The first-order chi connectivity index (χ1) is 14.2. The van der Waals surface area contributed by atoms with Crippen molar-refractivity contribution in [3.63, 3.8) is 0 Å². The average Bonchev–Trinajstić information content (AvgIpc) is 2.80. The van der Waals surface area contributed by atoms with Crippen LogP contribution in [0, 0.1) is 11.3 Å². The number of nitriles is 1. The molecule has 2 fully saturated rings. The monoisotopic (exact) mass is 392 g/mol. The quantitative estimate of drug-likeness (QED) is 0.794. The molecule has 4 rings (SSSR count). The minimum absolute atomic E-state index is 0.139.